The summed E-state index contributed by atoms with van der Waals surface area (Å²) in [6.07, 6.45) is 6.94. The van der Waals surface area contributed by atoms with Gasteiger partial charge in [0.15, 0.2) is 11.5 Å². The maximum Gasteiger partial charge on any atom is 0.178 e. The molecule has 5 rings (SSSR count). The van der Waals surface area contributed by atoms with E-state index in [1.54, 1.807) is 0 Å². The molecule has 7 heteroatoms. The molecular formula is C20H30N6O. The van der Waals surface area contributed by atoms with Gasteiger partial charge in [-0.1, -0.05) is 0 Å². The van der Waals surface area contributed by atoms with Gasteiger partial charge >= 0.3 is 0 Å². The zero-order valence-electron chi connectivity index (χ0n) is 16.1. The molecular weight excluding hydrogens is 340 g/mol. The number of hydrogen-bond acceptors (Lipinski definition) is 6. The standard InChI is InChI=1S/C20H30N6O/c1-3-17-15-19-21-22-20(26(19)23-18(17)4-1)16-5-8-25(9-6-16)11-10-24-7-2-13-27-14-12-24/h15-16H,1-14H2. The average Bonchev–Trinajstić information content (AvgIpc) is 3.23. The maximum atomic E-state index is 5.56. The van der Waals surface area contributed by atoms with Crippen molar-refractivity contribution in [3.05, 3.63) is 23.1 Å². The summed E-state index contributed by atoms with van der Waals surface area (Å²) in [4.78, 5) is 5.16. The molecule has 2 aliphatic heterocycles. The van der Waals surface area contributed by atoms with Gasteiger partial charge in [0, 0.05) is 38.7 Å². The topological polar surface area (TPSA) is 58.8 Å². The Bertz CT molecular complexity index is 774. The first-order valence-corrected chi connectivity index (χ1v) is 10.6. The monoisotopic (exact) mass is 370 g/mol. The lowest BCUT2D eigenvalue weighted by atomic mass is 9.96. The number of rotatable bonds is 4. The van der Waals surface area contributed by atoms with Gasteiger partial charge < -0.3 is 9.64 Å². The van der Waals surface area contributed by atoms with Crippen LogP contribution >= 0.6 is 0 Å². The second-order valence-corrected chi connectivity index (χ2v) is 8.22. The highest BCUT2D eigenvalue weighted by Crippen LogP contribution is 2.28. The lowest BCUT2D eigenvalue weighted by molar-refractivity contribution is 0.134. The predicted octanol–water partition coefficient (Wildman–Crippen LogP) is 1.51. The van der Waals surface area contributed by atoms with Gasteiger partial charge in [-0.15, -0.1) is 10.2 Å². The Morgan fingerprint density at radius 2 is 1.78 bits per heavy atom. The van der Waals surface area contributed by atoms with E-state index in [1.165, 1.54) is 37.2 Å². The number of piperidine rings is 1. The molecule has 2 aromatic heterocycles. The van der Waals surface area contributed by atoms with Gasteiger partial charge in [0.2, 0.25) is 0 Å². The molecule has 0 radical (unpaired) electrons. The second-order valence-electron chi connectivity index (χ2n) is 8.22. The molecule has 3 aliphatic rings. The molecule has 2 saturated heterocycles. The van der Waals surface area contributed by atoms with Crippen LogP contribution in [0, 0.1) is 0 Å². The van der Waals surface area contributed by atoms with Crippen molar-refractivity contribution >= 4 is 5.65 Å². The summed E-state index contributed by atoms with van der Waals surface area (Å²) in [7, 11) is 0. The number of nitrogens with zero attached hydrogens (tertiary/aromatic N) is 6. The molecule has 0 aromatic carbocycles. The van der Waals surface area contributed by atoms with Gasteiger partial charge in [0.1, 0.15) is 0 Å². The third-order valence-electron chi connectivity index (χ3n) is 6.44. The Balaban J connectivity index is 1.19. The fourth-order valence-electron chi connectivity index (χ4n) is 4.77. The third kappa shape index (κ3) is 3.73. The summed E-state index contributed by atoms with van der Waals surface area (Å²) in [5, 5.41) is 13.8. The van der Waals surface area contributed by atoms with Crippen LogP contribution in [0.4, 0.5) is 0 Å². The molecule has 0 amide bonds. The zero-order valence-corrected chi connectivity index (χ0v) is 16.1. The van der Waals surface area contributed by atoms with Crippen LogP contribution in [0.5, 0.6) is 0 Å². The van der Waals surface area contributed by atoms with Gasteiger partial charge in [-0.2, -0.15) is 9.61 Å². The van der Waals surface area contributed by atoms with E-state index in [2.05, 4.69) is 26.1 Å². The first kappa shape index (κ1) is 17.5. The fraction of sp³-hybridized carbons (Fsp3) is 0.750. The van der Waals surface area contributed by atoms with E-state index in [4.69, 9.17) is 9.84 Å². The molecule has 0 N–H and O–H groups in total. The van der Waals surface area contributed by atoms with Crippen LogP contribution in [0.15, 0.2) is 6.07 Å². The van der Waals surface area contributed by atoms with E-state index >= 15 is 0 Å². The van der Waals surface area contributed by atoms with Crippen molar-refractivity contribution in [3.8, 4) is 0 Å². The van der Waals surface area contributed by atoms with Crippen LogP contribution < -0.4 is 0 Å². The Hall–Kier alpha value is -1.57. The molecule has 1 aliphatic carbocycles. The third-order valence-corrected chi connectivity index (χ3v) is 6.44. The van der Waals surface area contributed by atoms with Crippen LogP contribution in [0.2, 0.25) is 0 Å². The summed E-state index contributed by atoms with van der Waals surface area (Å²) < 4.78 is 7.59. The second kappa shape index (κ2) is 7.81. The Labute approximate surface area is 160 Å². The largest absolute Gasteiger partial charge is 0.380 e. The Kier molecular flexibility index (Phi) is 5.07. The van der Waals surface area contributed by atoms with Crippen molar-refractivity contribution in [1.29, 1.82) is 0 Å². The minimum absolute atomic E-state index is 0.481. The quantitative estimate of drug-likeness (QED) is 0.813. The van der Waals surface area contributed by atoms with Crippen LogP contribution in [-0.4, -0.2) is 82.1 Å². The Morgan fingerprint density at radius 1 is 0.926 bits per heavy atom. The van der Waals surface area contributed by atoms with Crippen LogP contribution in [0.3, 0.4) is 0 Å². The molecule has 0 saturated carbocycles. The Morgan fingerprint density at radius 3 is 2.67 bits per heavy atom. The van der Waals surface area contributed by atoms with Gasteiger partial charge in [0.25, 0.3) is 0 Å². The smallest absolute Gasteiger partial charge is 0.178 e. The van der Waals surface area contributed by atoms with E-state index in [0.717, 1.165) is 76.5 Å². The lowest BCUT2D eigenvalue weighted by Crippen LogP contribution is -2.40. The minimum atomic E-state index is 0.481. The molecule has 146 valence electrons. The van der Waals surface area contributed by atoms with Crippen LogP contribution in [0.1, 0.15) is 48.7 Å². The number of fused-ring (bicyclic) bond motifs is 2. The van der Waals surface area contributed by atoms with Gasteiger partial charge in [-0.05, 0) is 63.2 Å². The predicted molar refractivity (Wildman–Crippen MR) is 103 cm³/mol. The molecule has 7 nitrogen and oxygen atoms in total. The van der Waals surface area contributed by atoms with E-state index < -0.39 is 0 Å². The van der Waals surface area contributed by atoms with Crippen LogP contribution in [0.25, 0.3) is 5.65 Å². The minimum Gasteiger partial charge on any atom is -0.380 e. The first-order chi connectivity index (χ1) is 13.4. The molecule has 0 spiro atoms. The normalized spacial score (nSPS) is 23.0. The van der Waals surface area contributed by atoms with Crippen molar-refractivity contribution in [2.24, 2.45) is 0 Å². The van der Waals surface area contributed by atoms with Crippen molar-refractivity contribution in [1.82, 2.24) is 29.6 Å². The number of likely N-dealkylation sites (tertiary alicyclic amines) is 1. The number of aromatic nitrogens is 4. The van der Waals surface area contributed by atoms with Crippen molar-refractivity contribution in [3.63, 3.8) is 0 Å². The zero-order chi connectivity index (χ0) is 18.1. The number of ether oxygens (including phenoxy) is 1. The summed E-state index contributed by atoms with van der Waals surface area (Å²) in [6.45, 7) is 8.69. The van der Waals surface area contributed by atoms with Gasteiger partial charge in [-0.25, -0.2) is 0 Å². The van der Waals surface area contributed by atoms with E-state index in [0.29, 0.717) is 5.92 Å². The molecule has 27 heavy (non-hydrogen) atoms. The van der Waals surface area contributed by atoms with E-state index in [1.807, 2.05) is 4.52 Å². The highest BCUT2D eigenvalue weighted by atomic mass is 16.5. The fourth-order valence-corrected chi connectivity index (χ4v) is 4.77. The first-order valence-electron chi connectivity index (χ1n) is 10.6. The van der Waals surface area contributed by atoms with Crippen molar-refractivity contribution in [2.45, 2.75) is 44.4 Å². The molecule has 0 atom stereocenters. The molecule has 4 heterocycles. The lowest BCUT2D eigenvalue weighted by Gasteiger charge is -2.32. The highest BCUT2D eigenvalue weighted by Gasteiger charge is 2.26. The van der Waals surface area contributed by atoms with Crippen molar-refractivity contribution in [2.75, 3.05) is 52.5 Å². The molecule has 2 fully saturated rings. The molecule has 0 unspecified atom stereocenters. The molecule has 0 bridgehead atoms. The van der Waals surface area contributed by atoms with Crippen molar-refractivity contribution < 1.29 is 4.74 Å². The summed E-state index contributed by atoms with van der Waals surface area (Å²) >= 11 is 0. The summed E-state index contributed by atoms with van der Waals surface area (Å²) in [5.74, 6) is 1.55. The van der Waals surface area contributed by atoms with Gasteiger partial charge in [-0.3, -0.25) is 4.90 Å². The van der Waals surface area contributed by atoms with E-state index in [9.17, 15) is 0 Å². The SMILES string of the molecule is c1c2c(nn3c(C4CCN(CCN5CCCOCC5)CC4)nnc13)CCC2. The summed E-state index contributed by atoms with van der Waals surface area (Å²) in [6, 6.07) is 2.20. The molecule has 2 aromatic rings. The maximum absolute atomic E-state index is 5.56. The average molecular weight is 371 g/mol. The number of hydrogen-bond donors (Lipinski definition) is 0. The van der Waals surface area contributed by atoms with Crippen LogP contribution in [-0.2, 0) is 17.6 Å². The van der Waals surface area contributed by atoms with E-state index in [-0.39, 0.29) is 0 Å². The van der Waals surface area contributed by atoms with Gasteiger partial charge in [0.05, 0.1) is 12.3 Å². The highest BCUT2D eigenvalue weighted by molar-refractivity contribution is 5.43. The number of aryl methyl sites for hydroxylation is 2. The summed E-state index contributed by atoms with van der Waals surface area (Å²) in [5.41, 5.74) is 3.55.